The van der Waals surface area contributed by atoms with Crippen LogP contribution < -0.4 is 16.6 Å². The van der Waals surface area contributed by atoms with E-state index in [0.29, 0.717) is 11.3 Å². The van der Waals surface area contributed by atoms with Gasteiger partial charge in [0.15, 0.2) is 0 Å². The lowest BCUT2D eigenvalue weighted by Gasteiger charge is -2.18. The van der Waals surface area contributed by atoms with Crippen molar-refractivity contribution in [3.63, 3.8) is 0 Å². The van der Waals surface area contributed by atoms with Crippen LogP contribution in [0.5, 0.6) is 0 Å². The van der Waals surface area contributed by atoms with Gasteiger partial charge in [-0.1, -0.05) is 33.1 Å². The molecule has 0 radical (unpaired) electrons. The molecule has 4 N–H and O–H groups in total. The zero-order valence-corrected chi connectivity index (χ0v) is 11.8. The van der Waals surface area contributed by atoms with Crippen molar-refractivity contribution in [1.29, 1.82) is 0 Å². The average molecular weight is 264 g/mol. The van der Waals surface area contributed by atoms with E-state index < -0.39 is 0 Å². The van der Waals surface area contributed by atoms with Gasteiger partial charge in [-0.2, -0.15) is 0 Å². The van der Waals surface area contributed by atoms with Crippen LogP contribution in [0.25, 0.3) is 0 Å². The standard InChI is InChI=1S/C14H24N4O/c1-3-5-7-11(6-4-2)17-14(19)12-8-9-16-10-13(12)18-15/h8-11,18H,3-7,15H2,1-2H3,(H,17,19). The van der Waals surface area contributed by atoms with E-state index in [9.17, 15) is 4.79 Å². The number of nitrogens with two attached hydrogens (primary N) is 1. The second kappa shape index (κ2) is 8.48. The number of nitrogen functional groups attached to an aromatic ring is 1. The summed E-state index contributed by atoms with van der Waals surface area (Å²) in [4.78, 5) is 16.2. The smallest absolute Gasteiger partial charge is 0.253 e. The van der Waals surface area contributed by atoms with E-state index in [-0.39, 0.29) is 11.9 Å². The summed E-state index contributed by atoms with van der Waals surface area (Å²) < 4.78 is 0. The lowest BCUT2D eigenvalue weighted by Crippen LogP contribution is -2.35. The Kier molecular flexibility index (Phi) is 6.89. The van der Waals surface area contributed by atoms with Crippen molar-refractivity contribution in [3.05, 3.63) is 24.0 Å². The highest BCUT2D eigenvalue weighted by Gasteiger charge is 2.15. The molecule has 0 aliphatic heterocycles. The fourth-order valence-electron chi connectivity index (χ4n) is 2.06. The van der Waals surface area contributed by atoms with Crippen LogP contribution in [0.3, 0.4) is 0 Å². The van der Waals surface area contributed by atoms with Crippen LogP contribution in [0, 0.1) is 0 Å². The number of nitrogens with zero attached hydrogens (tertiary/aromatic N) is 1. The van der Waals surface area contributed by atoms with E-state index in [1.165, 1.54) is 0 Å². The van der Waals surface area contributed by atoms with Gasteiger partial charge in [0, 0.05) is 12.2 Å². The van der Waals surface area contributed by atoms with Crippen LogP contribution in [0.2, 0.25) is 0 Å². The van der Waals surface area contributed by atoms with Gasteiger partial charge in [-0.25, -0.2) is 0 Å². The molecular formula is C14H24N4O. The Morgan fingerprint density at radius 1 is 1.37 bits per heavy atom. The van der Waals surface area contributed by atoms with E-state index in [1.54, 1.807) is 18.5 Å². The number of hydrazine groups is 1. The Hall–Kier alpha value is -1.62. The molecule has 1 atom stereocenters. The molecule has 0 saturated heterocycles. The lowest BCUT2D eigenvalue weighted by molar-refractivity contribution is 0.0933. The van der Waals surface area contributed by atoms with E-state index in [1.807, 2.05) is 0 Å². The summed E-state index contributed by atoms with van der Waals surface area (Å²) >= 11 is 0. The first-order valence-electron chi connectivity index (χ1n) is 6.94. The molecule has 19 heavy (non-hydrogen) atoms. The number of aromatic nitrogens is 1. The van der Waals surface area contributed by atoms with Gasteiger partial charge in [0.05, 0.1) is 17.4 Å². The number of anilines is 1. The zero-order valence-electron chi connectivity index (χ0n) is 11.8. The maximum atomic E-state index is 12.2. The Morgan fingerprint density at radius 3 is 2.79 bits per heavy atom. The summed E-state index contributed by atoms with van der Waals surface area (Å²) in [5.41, 5.74) is 3.59. The van der Waals surface area contributed by atoms with Gasteiger partial charge >= 0.3 is 0 Å². The lowest BCUT2D eigenvalue weighted by atomic mass is 10.0. The first kappa shape index (κ1) is 15.4. The van der Waals surface area contributed by atoms with Gasteiger partial charge in [-0.15, -0.1) is 0 Å². The second-order valence-electron chi connectivity index (χ2n) is 4.67. The van der Waals surface area contributed by atoms with Gasteiger partial charge in [0.25, 0.3) is 5.91 Å². The van der Waals surface area contributed by atoms with Crippen LogP contribution >= 0.6 is 0 Å². The molecular weight excluding hydrogens is 240 g/mol. The Morgan fingerprint density at radius 2 is 2.16 bits per heavy atom. The van der Waals surface area contributed by atoms with E-state index in [4.69, 9.17) is 5.84 Å². The van der Waals surface area contributed by atoms with Gasteiger partial charge in [0.1, 0.15) is 0 Å². The van der Waals surface area contributed by atoms with E-state index in [2.05, 4.69) is 29.6 Å². The maximum absolute atomic E-state index is 12.2. The number of carbonyl (C=O) groups is 1. The van der Waals surface area contributed by atoms with Crippen molar-refractivity contribution >= 4 is 11.6 Å². The molecule has 106 valence electrons. The third kappa shape index (κ3) is 4.87. The average Bonchev–Trinajstić information content (AvgIpc) is 2.44. The van der Waals surface area contributed by atoms with Crippen LogP contribution in [-0.2, 0) is 0 Å². The Balaban J connectivity index is 2.69. The third-order valence-electron chi connectivity index (χ3n) is 3.10. The van der Waals surface area contributed by atoms with E-state index >= 15 is 0 Å². The molecule has 0 fully saturated rings. The molecule has 5 nitrogen and oxygen atoms in total. The van der Waals surface area contributed by atoms with Crippen molar-refractivity contribution in [2.45, 2.75) is 52.0 Å². The number of pyridine rings is 1. The summed E-state index contributed by atoms with van der Waals surface area (Å²) in [6, 6.07) is 1.91. The minimum Gasteiger partial charge on any atom is -0.349 e. The normalized spacial score (nSPS) is 11.9. The highest BCUT2D eigenvalue weighted by atomic mass is 16.1. The van der Waals surface area contributed by atoms with E-state index in [0.717, 1.165) is 32.1 Å². The van der Waals surface area contributed by atoms with Gasteiger partial charge < -0.3 is 10.7 Å². The molecule has 0 bridgehead atoms. The predicted octanol–water partition coefficient (Wildman–Crippen LogP) is 2.46. The molecule has 1 amide bonds. The summed E-state index contributed by atoms with van der Waals surface area (Å²) in [5, 5.41) is 3.08. The molecule has 0 aliphatic carbocycles. The van der Waals surface area contributed by atoms with Crippen LogP contribution in [0.1, 0.15) is 56.3 Å². The predicted molar refractivity (Wildman–Crippen MR) is 77.7 cm³/mol. The highest BCUT2D eigenvalue weighted by Crippen LogP contribution is 2.13. The van der Waals surface area contributed by atoms with Crippen molar-refractivity contribution in [2.24, 2.45) is 5.84 Å². The van der Waals surface area contributed by atoms with Crippen LogP contribution in [-0.4, -0.2) is 16.9 Å². The molecule has 1 unspecified atom stereocenters. The quantitative estimate of drug-likeness (QED) is 0.497. The van der Waals surface area contributed by atoms with Gasteiger partial charge in [0.2, 0.25) is 0 Å². The summed E-state index contributed by atoms with van der Waals surface area (Å²) in [6.45, 7) is 4.29. The molecule has 1 rings (SSSR count). The van der Waals surface area contributed by atoms with Crippen molar-refractivity contribution in [3.8, 4) is 0 Å². The summed E-state index contributed by atoms with van der Waals surface area (Å²) in [7, 11) is 0. The fraction of sp³-hybridized carbons (Fsp3) is 0.571. The minimum atomic E-state index is -0.0927. The van der Waals surface area contributed by atoms with Crippen molar-refractivity contribution in [2.75, 3.05) is 5.43 Å². The molecule has 0 aliphatic rings. The monoisotopic (exact) mass is 264 g/mol. The topological polar surface area (TPSA) is 80.0 Å². The summed E-state index contributed by atoms with van der Waals surface area (Å²) in [6.07, 6.45) is 8.50. The molecule has 0 saturated carbocycles. The number of amides is 1. The first-order valence-corrected chi connectivity index (χ1v) is 6.94. The molecule has 1 heterocycles. The number of rotatable bonds is 8. The molecule has 1 aromatic heterocycles. The molecule has 5 heteroatoms. The molecule has 0 spiro atoms. The maximum Gasteiger partial charge on any atom is 0.253 e. The van der Waals surface area contributed by atoms with Crippen molar-refractivity contribution < 1.29 is 4.79 Å². The largest absolute Gasteiger partial charge is 0.349 e. The number of unbranched alkanes of at least 4 members (excludes halogenated alkanes) is 1. The second-order valence-corrected chi connectivity index (χ2v) is 4.67. The van der Waals surface area contributed by atoms with Crippen molar-refractivity contribution in [1.82, 2.24) is 10.3 Å². The number of hydrogen-bond acceptors (Lipinski definition) is 4. The third-order valence-corrected chi connectivity index (χ3v) is 3.10. The molecule has 0 aromatic carbocycles. The number of nitrogens with one attached hydrogen (secondary N) is 2. The molecule has 1 aromatic rings. The number of carbonyl (C=O) groups excluding carboxylic acids is 1. The first-order chi connectivity index (χ1) is 9.22. The number of hydrogen-bond donors (Lipinski definition) is 3. The van der Waals surface area contributed by atoms with Gasteiger partial charge in [-0.3, -0.25) is 15.6 Å². The zero-order chi connectivity index (χ0) is 14.1. The van der Waals surface area contributed by atoms with Crippen LogP contribution in [0.15, 0.2) is 18.5 Å². The highest BCUT2D eigenvalue weighted by molar-refractivity contribution is 5.99. The minimum absolute atomic E-state index is 0.0927. The van der Waals surface area contributed by atoms with Crippen LogP contribution in [0.4, 0.5) is 5.69 Å². The SMILES string of the molecule is CCCCC(CCC)NC(=O)c1ccncc1NN. The Bertz CT molecular complexity index is 395. The Labute approximate surface area is 115 Å². The summed E-state index contributed by atoms with van der Waals surface area (Å²) in [5.74, 6) is 5.30. The fourth-order valence-corrected chi connectivity index (χ4v) is 2.06. The van der Waals surface area contributed by atoms with Gasteiger partial charge in [-0.05, 0) is 18.9 Å².